The van der Waals surface area contributed by atoms with Crippen molar-refractivity contribution in [2.45, 2.75) is 44.7 Å². The lowest BCUT2D eigenvalue weighted by atomic mass is 10.0. The van der Waals surface area contributed by atoms with Crippen molar-refractivity contribution in [2.24, 2.45) is 0 Å². The smallest absolute Gasteiger partial charge is 0.294 e. The lowest BCUT2D eigenvalue weighted by Crippen LogP contribution is -2.40. The van der Waals surface area contributed by atoms with Crippen LogP contribution in [0, 0.1) is 18.6 Å². The van der Waals surface area contributed by atoms with Gasteiger partial charge in [-0.15, -0.1) is 10.2 Å². The zero-order chi connectivity index (χ0) is 23.3. The first kappa shape index (κ1) is 21.0. The summed E-state index contributed by atoms with van der Waals surface area (Å²) in [5.41, 5.74) is 0.611. The van der Waals surface area contributed by atoms with Gasteiger partial charge >= 0.3 is 0 Å². The van der Waals surface area contributed by atoms with Gasteiger partial charge in [-0.2, -0.15) is 0 Å². The second-order valence-corrected chi connectivity index (χ2v) is 8.24. The summed E-state index contributed by atoms with van der Waals surface area (Å²) in [5.74, 6) is -4.03. The van der Waals surface area contributed by atoms with E-state index >= 15 is 0 Å². The number of hydrogen-bond acceptors (Lipinski definition) is 6. The number of rotatable bonds is 6. The fourth-order valence-electron chi connectivity index (χ4n) is 4.36. The van der Waals surface area contributed by atoms with E-state index in [0.717, 1.165) is 18.5 Å². The number of amides is 2. The minimum absolute atomic E-state index is 0.0806. The third kappa shape index (κ3) is 3.49. The van der Waals surface area contributed by atoms with Gasteiger partial charge in [0.05, 0.1) is 11.3 Å². The fourth-order valence-corrected chi connectivity index (χ4v) is 4.36. The van der Waals surface area contributed by atoms with E-state index in [1.165, 1.54) is 6.07 Å². The molecule has 33 heavy (non-hydrogen) atoms. The Morgan fingerprint density at radius 1 is 1.18 bits per heavy atom. The van der Waals surface area contributed by atoms with E-state index in [4.69, 9.17) is 4.42 Å². The molecule has 0 unspecified atom stereocenters. The number of hydrogen-bond donors (Lipinski definition) is 2. The molecule has 2 N–H and O–H groups in total. The van der Waals surface area contributed by atoms with Crippen molar-refractivity contribution in [1.82, 2.24) is 20.1 Å². The van der Waals surface area contributed by atoms with Crippen LogP contribution in [0.15, 0.2) is 29.0 Å². The molecule has 0 radical (unpaired) electrons. The number of anilines is 1. The standard InChI is InChI=1S/C22H19F2N5O4/c1-11-16(19(31)26-12-4-5-13(23)14(24)9-12)15-3-2-8-29(15)17(11)18(30)20(32)27-22(6-7-22)21-28-25-10-33-21/h4-5,9-10H,2-3,6-8H2,1H3,(H,26,31)(H,27,32). The first-order chi connectivity index (χ1) is 15.8. The van der Waals surface area contributed by atoms with Gasteiger partial charge < -0.3 is 19.6 Å². The van der Waals surface area contributed by atoms with Crippen LogP contribution in [0.1, 0.15) is 57.3 Å². The molecular weight excluding hydrogens is 436 g/mol. The molecule has 3 aromatic rings. The highest BCUT2D eigenvalue weighted by atomic mass is 19.2. The molecule has 3 heterocycles. The zero-order valence-electron chi connectivity index (χ0n) is 17.6. The number of benzene rings is 1. The van der Waals surface area contributed by atoms with Crippen LogP contribution < -0.4 is 10.6 Å². The van der Waals surface area contributed by atoms with Crippen LogP contribution in [0.5, 0.6) is 0 Å². The first-order valence-corrected chi connectivity index (χ1v) is 10.4. The lowest BCUT2D eigenvalue weighted by Gasteiger charge is -2.13. The van der Waals surface area contributed by atoms with Crippen molar-refractivity contribution in [3.8, 4) is 0 Å². The Morgan fingerprint density at radius 2 is 1.97 bits per heavy atom. The molecule has 170 valence electrons. The lowest BCUT2D eigenvalue weighted by molar-refractivity contribution is -0.118. The number of carbonyl (C=O) groups excluding carboxylic acids is 3. The summed E-state index contributed by atoms with van der Waals surface area (Å²) in [6.07, 6.45) is 3.55. The summed E-state index contributed by atoms with van der Waals surface area (Å²) in [4.78, 5) is 39.0. The van der Waals surface area contributed by atoms with Crippen LogP contribution in [0.3, 0.4) is 0 Å². The molecule has 1 saturated carbocycles. The molecule has 2 aromatic heterocycles. The van der Waals surface area contributed by atoms with Crippen LogP contribution in [-0.2, 0) is 23.3 Å². The van der Waals surface area contributed by atoms with E-state index in [-0.39, 0.29) is 22.8 Å². The summed E-state index contributed by atoms with van der Waals surface area (Å²) >= 11 is 0. The summed E-state index contributed by atoms with van der Waals surface area (Å²) in [6.45, 7) is 2.08. The Kier molecular flexibility index (Phi) is 4.84. The molecule has 0 spiro atoms. The van der Waals surface area contributed by atoms with Crippen LogP contribution in [0.4, 0.5) is 14.5 Å². The van der Waals surface area contributed by atoms with Crippen molar-refractivity contribution in [2.75, 3.05) is 5.32 Å². The summed E-state index contributed by atoms with van der Waals surface area (Å²) in [6, 6.07) is 3.04. The van der Waals surface area contributed by atoms with E-state index in [0.29, 0.717) is 43.5 Å². The highest BCUT2D eigenvalue weighted by molar-refractivity contribution is 6.43. The minimum Gasteiger partial charge on any atom is -0.425 e. The maximum atomic E-state index is 13.5. The molecule has 1 aromatic carbocycles. The average Bonchev–Trinajstić information content (AvgIpc) is 3.14. The maximum absolute atomic E-state index is 13.5. The number of halogens is 2. The normalized spacial score (nSPS) is 15.7. The Labute approximate surface area is 186 Å². The molecule has 1 aliphatic heterocycles. The van der Waals surface area contributed by atoms with Crippen LogP contribution in [0.25, 0.3) is 0 Å². The highest BCUT2D eigenvalue weighted by Gasteiger charge is 2.51. The quantitative estimate of drug-likeness (QED) is 0.436. The monoisotopic (exact) mass is 455 g/mol. The van der Waals surface area contributed by atoms with Crippen LogP contribution >= 0.6 is 0 Å². The third-order valence-electron chi connectivity index (χ3n) is 6.11. The van der Waals surface area contributed by atoms with Crippen molar-refractivity contribution in [3.63, 3.8) is 0 Å². The molecule has 2 amide bonds. The van der Waals surface area contributed by atoms with E-state index in [2.05, 4.69) is 20.8 Å². The summed E-state index contributed by atoms with van der Waals surface area (Å²) in [7, 11) is 0. The highest BCUT2D eigenvalue weighted by Crippen LogP contribution is 2.44. The first-order valence-electron chi connectivity index (χ1n) is 10.4. The Morgan fingerprint density at radius 3 is 2.64 bits per heavy atom. The molecule has 5 rings (SSSR count). The zero-order valence-corrected chi connectivity index (χ0v) is 17.6. The molecule has 1 aliphatic carbocycles. The van der Waals surface area contributed by atoms with Crippen molar-refractivity contribution < 1.29 is 27.6 Å². The number of nitrogens with one attached hydrogen (secondary N) is 2. The number of Topliss-reactive ketones (excluding diaryl/α,β-unsaturated/α-hetero) is 1. The number of carbonyl (C=O) groups is 3. The van der Waals surface area contributed by atoms with Gasteiger partial charge in [-0.1, -0.05) is 0 Å². The number of nitrogens with zero attached hydrogens (tertiary/aromatic N) is 3. The van der Waals surface area contributed by atoms with Gasteiger partial charge in [-0.25, -0.2) is 8.78 Å². The molecule has 0 atom stereocenters. The summed E-state index contributed by atoms with van der Waals surface area (Å²) < 4.78 is 33.6. The van der Waals surface area contributed by atoms with E-state index < -0.39 is 34.8 Å². The minimum atomic E-state index is -1.09. The average molecular weight is 455 g/mol. The van der Waals surface area contributed by atoms with E-state index in [1.807, 2.05) is 0 Å². The van der Waals surface area contributed by atoms with Gasteiger partial charge in [-0.05, 0) is 50.3 Å². The molecule has 1 fully saturated rings. The van der Waals surface area contributed by atoms with E-state index in [1.54, 1.807) is 11.5 Å². The Balaban J connectivity index is 1.43. The molecule has 9 nitrogen and oxygen atoms in total. The number of fused-ring (bicyclic) bond motifs is 1. The molecule has 0 bridgehead atoms. The van der Waals surface area contributed by atoms with Gasteiger partial charge in [0, 0.05) is 24.0 Å². The summed E-state index contributed by atoms with van der Waals surface area (Å²) in [5, 5.41) is 12.7. The molecule has 11 heteroatoms. The van der Waals surface area contributed by atoms with Gasteiger partial charge in [0.15, 0.2) is 11.6 Å². The topological polar surface area (TPSA) is 119 Å². The van der Waals surface area contributed by atoms with E-state index in [9.17, 15) is 23.2 Å². The second kappa shape index (κ2) is 7.61. The molecule has 2 aliphatic rings. The number of aromatic nitrogens is 3. The Hall–Kier alpha value is -3.89. The molecule has 0 saturated heterocycles. The van der Waals surface area contributed by atoms with Gasteiger partial charge in [0.2, 0.25) is 12.3 Å². The van der Waals surface area contributed by atoms with Gasteiger partial charge in [-0.3, -0.25) is 14.4 Å². The SMILES string of the molecule is Cc1c(C(=O)Nc2ccc(F)c(F)c2)c2n(c1C(=O)C(=O)NC1(c3nnco3)CC1)CCC2. The van der Waals surface area contributed by atoms with Gasteiger partial charge in [0.1, 0.15) is 5.54 Å². The van der Waals surface area contributed by atoms with Gasteiger partial charge in [0.25, 0.3) is 17.6 Å². The predicted molar refractivity (Wildman–Crippen MR) is 109 cm³/mol. The van der Waals surface area contributed by atoms with Crippen LogP contribution in [0.2, 0.25) is 0 Å². The molecular formula is C22H19F2N5O4. The Bertz CT molecular complexity index is 1290. The largest absolute Gasteiger partial charge is 0.425 e. The predicted octanol–water partition coefficient (Wildman–Crippen LogP) is 2.64. The van der Waals surface area contributed by atoms with Crippen molar-refractivity contribution in [3.05, 3.63) is 64.6 Å². The third-order valence-corrected chi connectivity index (χ3v) is 6.11. The van der Waals surface area contributed by atoms with Crippen molar-refractivity contribution in [1.29, 1.82) is 0 Å². The van der Waals surface area contributed by atoms with Crippen molar-refractivity contribution >= 4 is 23.3 Å². The second-order valence-electron chi connectivity index (χ2n) is 8.24. The number of ketones is 1. The van der Waals surface area contributed by atoms with Crippen LogP contribution in [-0.4, -0.2) is 32.4 Å². The fraction of sp³-hybridized carbons (Fsp3) is 0.318. The maximum Gasteiger partial charge on any atom is 0.294 e.